The fourth-order valence-electron chi connectivity index (χ4n) is 2.72. The second-order valence-electron chi connectivity index (χ2n) is 6.16. The fourth-order valence-corrected chi connectivity index (χ4v) is 2.91. The molecule has 0 N–H and O–H groups in total. The van der Waals surface area contributed by atoms with Crippen LogP contribution in [0.15, 0.2) is 78.4 Å². The number of carbonyl (C=O) groups is 1. The van der Waals surface area contributed by atoms with Crippen molar-refractivity contribution in [2.24, 2.45) is 0 Å². The number of methoxy groups -OCH3 is 1. The van der Waals surface area contributed by atoms with Crippen molar-refractivity contribution in [1.82, 2.24) is 0 Å². The summed E-state index contributed by atoms with van der Waals surface area (Å²) in [5, 5.41) is 10.1. The number of hydrogen-bond donors (Lipinski definition) is 0. The molecule has 0 heterocycles. The number of nitrogens with zero attached hydrogens (tertiary/aromatic N) is 1. The predicted octanol–water partition coefficient (Wildman–Crippen LogP) is 5.72. The van der Waals surface area contributed by atoms with Gasteiger partial charge in [0.15, 0.2) is 11.5 Å². The highest BCUT2D eigenvalue weighted by molar-refractivity contribution is 6.31. The van der Waals surface area contributed by atoms with Crippen molar-refractivity contribution in [2.45, 2.75) is 6.61 Å². The lowest BCUT2D eigenvalue weighted by atomic mass is 10.0. The third-order valence-electron chi connectivity index (χ3n) is 4.24. The van der Waals surface area contributed by atoms with E-state index in [9.17, 15) is 10.1 Å². The average Bonchev–Trinajstić information content (AvgIpc) is 2.77. The van der Waals surface area contributed by atoms with Crippen molar-refractivity contribution < 1.29 is 14.3 Å². The Morgan fingerprint density at radius 1 is 1.03 bits per heavy atom. The Labute approximate surface area is 174 Å². The molecule has 0 saturated heterocycles. The summed E-state index contributed by atoms with van der Waals surface area (Å²) in [5.41, 5.74) is 2.03. The summed E-state index contributed by atoms with van der Waals surface area (Å²) in [6.07, 6.45) is 1.54. The number of carbonyl (C=O) groups excluding carboxylic acids is 1. The average molecular weight is 404 g/mol. The molecule has 0 amide bonds. The Morgan fingerprint density at radius 3 is 2.45 bits per heavy atom. The third kappa shape index (κ3) is 5.04. The molecule has 0 saturated carbocycles. The van der Waals surface area contributed by atoms with Gasteiger partial charge in [0.1, 0.15) is 18.2 Å². The minimum Gasteiger partial charge on any atom is -0.493 e. The highest BCUT2D eigenvalue weighted by atomic mass is 35.5. The van der Waals surface area contributed by atoms with E-state index in [1.54, 1.807) is 48.5 Å². The molecule has 3 aromatic carbocycles. The molecule has 0 aliphatic carbocycles. The minimum atomic E-state index is -0.328. The van der Waals surface area contributed by atoms with Gasteiger partial charge >= 0.3 is 0 Å². The van der Waals surface area contributed by atoms with Gasteiger partial charge in [0.05, 0.1) is 7.11 Å². The van der Waals surface area contributed by atoms with Gasteiger partial charge in [-0.25, -0.2) is 0 Å². The van der Waals surface area contributed by atoms with Crippen molar-refractivity contribution in [3.05, 3.63) is 100 Å². The number of halogens is 1. The Kier molecular flexibility index (Phi) is 6.67. The standard InChI is InChI=1S/C24H18ClNO3/c1-28-23-14-17(13-20(15-26)24(27)18-7-3-2-4-8-18)11-12-22(23)29-16-19-9-5-6-10-21(19)25/h2-14H,16H2,1H3/b20-13+. The maximum atomic E-state index is 12.5. The number of ether oxygens (including phenoxy) is 2. The van der Waals surface area contributed by atoms with Gasteiger partial charge < -0.3 is 9.47 Å². The third-order valence-corrected chi connectivity index (χ3v) is 4.61. The molecule has 0 aliphatic heterocycles. The number of allylic oxidation sites excluding steroid dienone is 1. The van der Waals surface area contributed by atoms with E-state index in [0.717, 1.165) is 5.56 Å². The van der Waals surface area contributed by atoms with Gasteiger partial charge in [0, 0.05) is 16.1 Å². The molecule has 3 aromatic rings. The summed E-state index contributed by atoms with van der Waals surface area (Å²) < 4.78 is 11.2. The van der Waals surface area contributed by atoms with E-state index in [1.165, 1.54) is 13.2 Å². The van der Waals surface area contributed by atoms with Gasteiger partial charge in [-0.3, -0.25) is 4.79 Å². The zero-order valence-corrected chi connectivity index (χ0v) is 16.5. The quantitative estimate of drug-likeness (QED) is 0.287. The molecular weight excluding hydrogens is 386 g/mol. The van der Waals surface area contributed by atoms with E-state index in [2.05, 4.69) is 0 Å². The first-order valence-electron chi connectivity index (χ1n) is 8.88. The van der Waals surface area contributed by atoms with Gasteiger partial charge in [-0.05, 0) is 29.8 Å². The first-order chi connectivity index (χ1) is 14.1. The topological polar surface area (TPSA) is 59.3 Å². The van der Waals surface area contributed by atoms with E-state index in [1.807, 2.05) is 30.3 Å². The monoisotopic (exact) mass is 403 g/mol. The predicted molar refractivity (Wildman–Crippen MR) is 113 cm³/mol. The molecule has 0 unspecified atom stereocenters. The van der Waals surface area contributed by atoms with Crippen molar-refractivity contribution in [2.75, 3.05) is 7.11 Å². The largest absolute Gasteiger partial charge is 0.493 e. The van der Waals surface area contributed by atoms with Crippen LogP contribution in [0.1, 0.15) is 21.5 Å². The number of nitriles is 1. The second-order valence-corrected chi connectivity index (χ2v) is 6.56. The number of benzene rings is 3. The molecule has 0 spiro atoms. The first-order valence-corrected chi connectivity index (χ1v) is 9.26. The molecular formula is C24H18ClNO3. The van der Waals surface area contributed by atoms with Crippen LogP contribution in [0.25, 0.3) is 6.08 Å². The fraction of sp³-hybridized carbons (Fsp3) is 0.0833. The molecule has 3 rings (SSSR count). The highest BCUT2D eigenvalue weighted by Crippen LogP contribution is 2.30. The van der Waals surface area contributed by atoms with Crippen LogP contribution in [0, 0.1) is 11.3 Å². The number of hydrogen-bond acceptors (Lipinski definition) is 4. The number of rotatable bonds is 7. The second kappa shape index (κ2) is 9.59. The van der Waals surface area contributed by atoms with Gasteiger partial charge in [-0.2, -0.15) is 5.26 Å². The molecule has 0 fully saturated rings. The number of ketones is 1. The Morgan fingerprint density at radius 2 is 1.76 bits per heavy atom. The molecule has 0 radical (unpaired) electrons. The van der Waals surface area contributed by atoms with Gasteiger partial charge in [-0.15, -0.1) is 0 Å². The van der Waals surface area contributed by atoms with Crippen LogP contribution in [0.2, 0.25) is 5.02 Å². The lowest BCUT2D eigenvalue weighted by molar-refractivity contribution is 0.104. The smallest absolute Gasteiger partial charge is 0.203 e. The molecule has 144 valence electrons. The van der Waals surface area contributed by atoms with E-state index in [-0.39, 0.29) is 11.4 Å². The maximum Gasteiger partial charge on any atom is 0.203 e. The first kappa shape index (κ1) is 20.2. The van der Waals surface area contributed by atoms with E-state index < -0.39 is 0 Å². The van der Waals surface area contributed by atoms with E-state index >= 15 is 0 Å². The maximum absolute atomic E-state index is 12.5. The molecule has 0 bridgehead atoms. The molecule has 4 nitrogen and oxygen atoms in total. The molecule has 29 heavy (non-hydrogen) atoms. The highest BCUT2D eigenvalue weighted by Gasteiger charge is 2.13. The molecule has 0 aliphatic rings. The normalized spacial score (nSPS) is 10.9. The summed E-state index contributed by atoms with van der Waals surface area (Å²) in [4.78, 5) is 12.5. The van der Waals surface area contributed by atoms with Crippen LogP contribution in [0.4, 0.5) is 0 Å². The van der Waals surface area contributed by atoms with E-state index in [0.29, 0.717) is 34.3 Å². The van der Waals surface area contributed by atoms with Crippen molar-refractivity contribution in [3.8, 4) is 17.6 Å². The Bertz CT molecular complexity index is 1080. The molecule has 5 heteroatoms. The van der Waals surface area contributed by atoms with Gasteiger partial charge in [0.2, 0.25) is 5.78 Å². The van der Waals surface area contributed by atoms with E-state index in [4.69, 9.17) is 21.1 Å². The minimum absolute atomic E-state index is 0.0444. The molecule has 0 atom stereocenters. The molecule has 0 aromatic heterocycles. The van der Waals surface area contributed by atoms with Crippen molar-refractivity contribution in [1.29, 1.82) is 5.26 Å². The van der Waals surface area contributed by atoms with Crippen molar-refractivity contribution in [3.63, 3.8) is 0 Å². The lowest BCUT2D eigenvalue weighted by Crippen LogP contribution is -2.02. The van der Waals surface area contributed by atoms with Gasteiger partial charge in [-0.1, -0.05) is 66.2 Å². The Balaban J connectivity index is 1.82. The van der Waals surface area contributed by atoms with Crippen LogP contribution in [0.5, 0.6) is 11.5 Å². The van der Waals surface area contributed by atoms with Crippen LogP contribution in [-0.2, 0) is 6.61 Å². The Hall–Kier alpha value is -3.55. The number of Topliss-reactive ketones (excluding diaryl/α,β-unsaturated/α-hetero) is 1. The zero-order valence-electron chi connectivity index (χ0n) is 15.8. The van der Waals surface area contributed by atoms with Crippen LogP contribution < -0.4 is 9.47 Å². The summed E-state index contributed by atoms with van der Waals surface area (Å²) in [7, 11) is 1.53. The van der Waals surface area contributed by atoms with Crippen LogP contribution in [-0.4, -0.2) is 12.9 Å². The SMILES string of the molecule is COc1cc(/C=C(\C#N)C(=O)c2ccccc2)ccc1OCc1ccccc1Cl. The summed E-state index contributed by atoms with van der Waals surface area (Å²) in [5.74, 6) is 0.707. The summed E-state index contributed by atoms with van der Waals surface area (Å²) in [6, 6.07) is 23.3. The van der Waals surface area contributed by atoms with Crippen LogP contribution in [0.3, 0.4) is 0 Å². The summed E-state index contributed by atoms with van der Waals surface area (Å²) >= 11 is 6.16. The summed E-state index contributed by atoms with van der Waals surface area (Å²) in [6.45, 7) is 0.293. The zero-order chi connectivity index (χ0) is 20.6. The van der Waals surface area contributed by atoms with Gasteiger partial charge in [0.25, 0.3) is 0 Å². The van der Waals surface area contributed by atoms with Crippen molar-refractivity contribution >= 4 is 23.5 Å². The lowest BCUT2D eigenvalue weighted by Gasteiger charge is -2.12. The van der Waals surface area contributed by atoms with Crippen LogP contribution >= 0.6 is 11.6 Å².